The fourth-order valence-electron chi connectivity index (χ4n) is 3.99. The largest absolute Gasteiger partial charge is 0.611 e. The third kappa shape index (κ3) is 4.93. The minimum atomic E-state index is -1.34. The Morgan fingerprint density at radius 2 is 1.49 bits per heavy atom. The molecule has 0 bridgehead atoms. The average Bonchev–Trinajstić information content (AvgIpc) is 3.63. The molecular formula is C29H21N5O2S. The zero-order valence-electron chi connectivity index (χ0n) is 19.6. The van der Waals surface area contributed by atoms with Crippen molar-refractivity contribution >= 4 is 11.2 Å². The van der Waals surface area contributed by atoms with Crippen molar-refractivity contribution < 1.29 is 8.97 Å². The van der Waals surface area contributed by atoms with Crippen LogP contribution in [-0.4, -0.2) is 29.5 Å². The van der Waals surface area contributed by atoms with Gasteiger partial charge in [0.1, 0.15) is 11.4 Å². The first-order chi connectivity index (χ1) is 18.2. The van der Waals surface area contributed by atoms with Gasteiger partial charge < -0.3 is 8.97 Å². The summed E-state index contributed by atoms with van der Waals surface area (Å²) in [7, 11) is 0. The average molecular weight is 504 g/mol. The van der Waals surface area contributed by atoms with Crippen molar-refractivity contribution in [1.29, 1.82) is 0 Å². The Morgan fingerprint density at radius 1 is 0.784 bits per heavy atom. The van der Waals surface area contributed by atoms with E-state index in [2.05, 4.69) is 15.3 Å². The molecule has 0 saturated heterocycles. The fourth-order valence-corrected chi connectivity index (χ4v) is 4.94. The molecule has 3 aromatic heterocycles. The highest BCUT2D eigenvalue weighted by Crippen LogP contribution is 2.33. The summed E-state index contributed by atoms with van der Waals surface area (Å²) in [6.45, 7) is 0. The van der Waals surface area contributed by atoms with E-state index in [1.165, 1.54) is 0 Å². The summed E-state index contributed by atoms with van der Waals surface area (Å²) in [6.07, 6.45) is 5.30. The van der Waals surface area contributed by atoms with E-state index in [-0.39, 0.29) is 5.75 Å². The van der Waals surface area contributed by atoms with Crippen LogP contribution in [-0.2, 0) is 16.9 Å². The molecule has 0 spiro atoms. The van der Waals surface area contributed by atoms with Gasteiger partial charge in [-0.05, 0) is 47.6 Å². The van der Waals surface area contributed by atoms with Gasteiger partial charge in [0.25, 0.3) is 0 Å². The first-order valence-corrected chi connectivity index (χ1v) is 13.0. The Morgan fingerprint density at radius 3 is 2.19 bits per heavy atom. The standard InChI is InChI=1S/C29H21N5O2S/c35-37(25-15-13-24(14-16-25)34-19-26(32-33-34)23-12-7-17-30-18-23)20-27-31-28(21-8-3-1-4-9-21)29(36-27)22-10-5-2-6-11-22/h1-19H,20H2. The van der Waals surface area contributed by atoms with Crippen LogP contribution in [0.15, 0.2) is 125 Å². The summed E-state index contributed by atoms with van der Waals surface area (Å²) in [6, 6.07) is 30.9. The number of aromatic nitrogens is 5. The van der Waals surface area contributed by atoms with Crippen molar-refractivity contribution in [3.63, 3.8) is 0 Å². The zero-order chi connectivity index (χ0) is 25.0. The van der Waals surface area contributed by atoms with Crippen molar-refractivity contribution in [2.24, 2.45) is 0 Å². The summed E-state index contributed by atoms with van der Waals surface area (Å²) in [5, 5.41) is 8.44. The van der Waals surface area contributed by atoms with Gasteiger partial charge >= 0.3 is 0 Å². The molecule has 0 aliphatic heterocycles. The van der Waals surface area contributed by atoms with E-state index in [0.29, 0.717) is 16.5 Å². The fraction of sp³-hybridized carbons (Fsp3) is 0.0345. The zero-order valence-corrected chi connectivity index (χ0v) is 20.5. The number of benzene rings is 3. The summed E-state index contributed by atoms with van der Waals surface area (Å²) < 4.78 is 21.0. The molecule has 1 atom stereocenters. The molecule has 7 nitrogen and oxygen atoms in total. The van der Waals surface area contributed by atoms with Gasteiger partial charge in [0, 0.05) is 29.1 Å². The van der Waals surface area contributed by atoms with E-state index in [4.69, 9.17) is 9.40 Å². The topological polar surface area (TPSA) is 92.7 Å². The molecule has 0 fully saturated rings. The van der Waals surface area contributed by atoms with Crippen molar-refractivity contribution in [1.82, 2.24) is 25.0 Å². The van der Waals surface area contributed by atoms with Crippen LogP contribution < -0.4 is 0 Å². The van der Waals surface area contributed by atoms with Gasteiger partial charge in [0.15, 0.2) is 16.4 Å². The van der Waals surface area contributed by atoms with Gasteiger partial charge in [-0.3, -0.25) is 4.98 Å². The van der Waals surface area contributed by atoms with Gasteiger partial charge in [0.2, 0.25) is 5.89 Å². The van der Waals surface area contributed by atoms with Crippen molar-refractivity contribution in [3.05, 3.63) is 122 Å². The maximum Gasteiger partial charge on any atom is 0.246 e. The van der Waals surface area contributed by atoms with Crippen LogP contribution in [0.25, 0.3) is 39.5 Å². The quantitative estimate of drug-likeness (QED) is 0.250. The highest BCUT2D eigenvalue weighted by Gasteiger charge is 2.21. The van der Waals surface area contributed by atoms with Crippen LogP contribution in [0.5, 0.6) is 0 Å². The molecule has 6 aromatic rings. The molecule has 6 rings (SSSR count). The minimum absolute atomic E-state index is 0.167. The molecule has 0 aliphatic carbocycles. The predicted molar refractivity (Wildman–Crippen MR) is 142 cm³/mol. The lowest BCUT2D eigenvalue weighted by atomic mass is 10.1. The Hall–Kier alpha value is -4.53. The maximum atomic E-state index is 13.2. The number of hydrogen-bond donors (Lipinski definition) is 0. The normalized spacial score (nSPS) is 11.9. The van der Waals surface area contributed by atoms with Crippen molar-refractivity contribution in [2.45, 2.75) is 10.6 Å². The molecular weight excluding hydrogens is 482 g/mol. The number of nitrogens with zero attached hydrogens (tertiary/aromatic N) is 5. The van der Waals surface area contributed by atoms with Crippen LogP contribution in [0.2, 0.25) is 0 Å². The monoisotopic (exact) mass is 503 g/mol. The molecule has 0 saturated carbocycles. The van der Waals surface area contributed by atoms with Gasteiger partial charge in [0.05, 0.1) is 11.9 Å². The summed E-state index contributed by atoms with van der Waals surface area (Å²) in [4.78, 5) is 9.54. The number of hydrogen-bond acceptors (Lipinski definition) is 6. The van der Waals surface area contributed by atoms with E-state index in [0.717, 1.165) is 33.8 Å². The molecule has 180 valence electrons. The highest BCUT2D eigenvalue weighted by molar-refractivity contribution is 7.90. The molecule has 3 heterocycles. The molecule has 0 amide bonds. The van der Waals surface area contributed by atoms with E-state index in [1.54, 1.807) is 17.1 Å². The molecule has 1 unspecified atom stereocenters. The lowest BCUT2D eigenvalue weighted by molar-refractivity contribution is 0.519. The van der Waals surface area contributed by atoms with Gasteiger partial charge in [-0.2, -0.15) is 0 Å². The number of pyridine rings is 1. The van der Waals surface area contributed by atoms with Gasteiger partial charge in [-0.15, -0.1) is 5.10 Å². The molecule has 0 radical (unpaired) electrons. The van der Waals surface area contributed by atoms with E-state index >= 15 is 0 Å². The third-order valence-electron chi connectivity index (χ3n) is 5.82. The molecule has 0 aliphatic rings. The smallest absolute Gasteiger partial charge is 0.246 e. The SMILES string of the molecule is [O-][S+](Cc1nc(-c2ccccc2)c(-c2ccccc2)o1)c1ccc(-n2cc(-c3cccnc3)nn2)cc1. The second-order valence-electron chi connectivity index (χ2n) is 8.29. The van der Waals surface area contributed by atoms with E-state index < -0.39 is 11.2 Å². The van der Waals surface area contributed by atoms with Gasteiger partial charge in [-0.1, -0.05) is 65.9 Å². The Balaban J connectivity index is 1.23. The second-order valence-corrected chi connectivity index (χ2v) is 9.74. The van der Waals surface area contributed by atoms with E-state index in [1.807, 2.05) is 103 Å². The lowest BCUT2D eigenvalue weighted by Gasteiger charge is -2.09. The van der Waals surface area contributed by atoms with Crippen LogP contribution in [0, 0.1) is 0 Å². The minimum Gasteiger partial charge on any atom is -0.611 e. The maximum absolute atomic E-state index is 13.2. The first kappa shape index (κ1) is 22.9. The van der Waals surface area contributed by atoms with Crippen LogP contribution in [0.1, 0.15) is 5.89 Å². The van der Waals surface area contributed by atoms with Crippen LogP contribution in [0.3, 0.4) is 0 Å². The van der Waals surface area contributed by atoms with Crippen LogP contribution in [0.4, 0.5) is 0 Å². The molecule has 0 N–H and O–H groups in total. The lowest BCUT2D eigenvalue weighted by Crippen LogP contribution is -2.06. The molecule has 8 heteroatoms. The summed E-state index contributed by atoms with van der Waals surface area (Å²) in [5.41, 5.74) is 5.05. The van der Waals surface area contributed by atoms with Crippen molar-refractivity contribution in [2.75, 3.05) is 0 Å². The number of oxazole rings is 1. The first-order valence-electron chi connectivity index (χ1n) is 11.7. The highest BCUT2D eigenvalue weighted by atomic mass is 32.2. The third-order valence-corrected chi connectivity index (χ3v) is 7.13. The molecule has 37 heavy (non-hydrogen) atoms. The summed E-state index contributed by atoms with van der Waals surface area (Å²) in [5.74, 6) is 1.27. The Kier molecular flexibility index (Phi) is 6.33. The Bertz CT molecular complexity index is 1540. The predicted octanol–water partition coefficient (Wildman–Crippen LogP) is 5.96. The number of rotatable bonds is 7. The molecule has 3 aromatic carbocycles. The van der Waals surface area contributed by atoms with Crippen molar-refractivity contribution in [3.8, 4) is 39.5 Å². The van der Waals surface area contributed by atoms with Crippen LogP contribution >= 0.6 is 0 Å². The van der Waals surface area contributed by atoms with E-state index in [9.17, 15) is 4.55 Å². The Labute approximate surface area is 216 Å². The summed E-state index contributed by atoms with van der Waals surface area (Å²) >= 11 is -1.34. The van der Waals surface area contributed by atoms with Gasteiger partial charge in [-0.25, -0.2) is 9.67 Å². The second kappa shape index (κ2) is 10.2.